The lowest BCUT2D eigenvalue weighted by atomic mass is 9.97. The number of rotatable bonds is 7. The predicted molar refractivity (Wildman–Crippen MR) is 121 cm³/mol. The first-order valence-electron chi connectivity index (χ1n) is 11.2. The molecule has 2 aromatic rings. The van der Waals surface area contributed by atoms with Crippen molar-refractivity contribution in [2.45, 2.75) is 26.3 Å². The number of carbonyl (C=O) groups excluding carboxylic acids is 3. The van der Waals surface area contributed by atoms with Crippen molar-refractivity contribution in [3.8, 4) is 0 Å². The number of morpholine rings is 1. The molecule has 0 bridgehead atoms. The van der Waals surface area contributed by atoms with Crippen LogP contribution in [-0.4, -0.2) is 84.1 Å². The third-order valence-corrected chi connectivity index (χ3v) is 6.39. The van der Waals surface area contributed by atoms with Gasteiger partial charge in [-0.3, -0.25) is 14.5 Å². The van der Waals surface area contributed by atoms with Crippen molar-refractivity contribution in [1.82, 2.24) is 14.8 Å². The molecule has 2 aromatic heterocycles. The SMILES string of the molecule is COC(=O)c1[nH]c(C)c(C(O)=C2C(=O)C(=O)N(CCCN3CCOCC3)[C@@H]2c2ccco2)c1C. The quantitative estimate of drug-likeness (QED) is 0.272. The highest BCUT2D eigenvalue weighted by Crippen LogP contribution is 2.41. The van der Waals surface area contributed by atoms with Gasteiger partial charge in [-0.05, 0) is 38.0 Å². The van der Waals surface area contributed by atoms with Crippen LogP contribution in [0.5, 0.6) is 0 Å². The zero-order chi connectivity index (χ0) is 24.4. The monoisotopic (exact) mass is 471 g/mol. The highest BCUT2D eigenvalue weighted by atomic mass is 16.5. The summed E-state index contributed by atoms with van der Waals surface area (Å²) in [6.45, 7) is 7.42. The average Bonchev–Trinajstić information content (AvgIpc) is 3.53. The van der Waals surface area contributed by atoms with Crippen LogP contribution >= 0.6 is 0 Å². The smallest absolute Gasteiger partial charge is 0.354 e. The highest BCUT2D eigenvalue weighted by molar-refractivity contribution is 6.46. The van der Waals surface area contributed by atoms with Crippen molar-refractivity contribution in [2.75, 3.05) is 46.5 Å². The molecule has 34 heavy (non-hydrogen) atoms. The Hall–Kier alpha value is -3.37. The van der Waals surface area contributed by atoms with Gasteiger partial charge in [-0.25, -0.2) is 4.79 Å². The summed E-state index contributed by atoms with van der Waals surface area (Å²) in [5.74, 6) is -2.04. The Balaban J connectivity index is 1.69. The van der Waals surface area contributed by atoms with Crippen LogP contribution in [0.3, 0.4) is 0 Å². The Morgan fingerprint density at radius 3 is 2.62 bits per heavy atom. The predicted octanol–water partition coefficient (Wildman–Crippen LogP) is 2.16. The molecule has 1 atom stereocenters. The van der Waals surface area contributed by atoms with Gasteiger partial charge in [0.1, 0.15) is 23.3 Å². The van der Waals surface area contributed by atoms with Gasteiger partial charge in [-0.2, -0.15) is 0 Å². The third-order valence-electron chi connectivity index (χ3n) is 6.39. The number of aromatic amines is 1. The molecule has 10 nitrogen and oxygen atoms in total. The van der Waals surface area contributed by atoms with Crippen LogP contribution in [0.15, 0.2) is 28.4 Å². The largest absolute Gasteiger partial charge is 0.507 e. The number of ketones is 1. The minimum atomic E-state index is -0.866. The molecule has 182 valence electrons. The average molecular weight is 472 g/mol. The van der Waals surface area contributed by atoms with E-state index < -0.39 is 23.7 Å². The molecule has 2 aliphatic rings. The maximum Gasteiger partial charge on any atom is 0.354 e. The molecule has 0 saturated carbocycles. The second-order valence-corrected chi connectivity index (χ2v) is 8.43. The fraction of sp³-hybridized carbons (Fsp3) is 0.458. The number of aliphatic hydroxyl groups is 1. The number of aliphatic hydroxyl groups excluding tert-OH is 1. The number of furan rings is 1. The van der Waals surface area contributed by atoms with Crippen LogP contribution in [0.2, 0.25) is 0 Å². The molecule has 4 rings (SSSR count). The van der Waals surface area contributed by atoms with Crippen LogP contribution in [0.1, 0.15) is 45.5 Å². The second-order valence-electron chi connectivity index (χ2n) is 8.43. The van der Waals surface area contributed by atoms with E-state index in [4.69, 9.17) is 13.9 Å². The molecular weight excluding hydrogens is 442 g/mol. The van der Waals surface area contributed by atoms with E-state index in [9.17, 15) is 19.5 Å². The van der Waals surface area contributed by atoms with Crippen LogP contribution < -0.4 is 0 Å². The van der Waals surface area contributed by atoms with Gasteiger partial charge in [0.05, 0.1) is 32.2 Å². The number of H-pyrrole nitrogens is 1. The molecule has 0 aromatic carbocycles. The molecule has 2 saturated heterocycles. The lowest BCUT2D eigenvalue weighted by molar-refractivity contribution is -0.140. The number of amides is 1. The number of esters is 1. The van der Waals surface area contributed by atoms with Gasteiger partial charge >= 0.3 is 5.97 Å². The van der Waals surface area contributed by atoms with Crippen LogP contribution in [0.25, 0.3) is 5.76 Å². The standard InChI is InChI=1S/C24H29N3O7/c1-14-17(15(2)25-19(14)24(31)32-3)21(28)18-20(16-6-4-11-34-16)27(23(30)22(18)29)8-5-7-26-9-12-33-13-10-26/h4,6,11,20,25,28H,5,7-10,12-13H2,1-3H3/t20-/m1/s1. The number of nitrogens with one attached hydrogen (secondary N) is 1. The zero-order valence-corrected chi connectivity index (χ0v) is 19.6. The van der Waals surface area contributed by atoms with Crippen molar-refractivity contribution < 1.29 is 33.4 Å². The first kappa shape index (κ1) is 23.8. The van der Waals surface area contributed by atoms with Gasteiger partial charge in [0.15, 0.2) is 0 Å². The number of nitrogens with zero attached hydrogens (tertiary/aromatic N) is 2. The van der Waals surface area contributed by atoms with Gasteiger partial charge in [0.2, 0.25) is 0 Å². The van der Waals surface area contributed by atoms with E-state index in [1.54, 1.807) is 26.0 Å². The van der Waals surface area contributed by atoms with E-state index in [1.165, 1.54) is 18.3 Å². The number of carbonyl (C=O) groups is 3. The summed E-state index contributed by atoms with van der Waals surface area (Å²) in [5.41, 5.74) is 1.32. The maximum atomic E-state index is 13.1. The van der Waals surface area contributed by atoms with Crippen molar-refractivity contribution in [3.05, 3.63) is 52.2 Å². The van der Waals surface area contributed by atoms with Crippen LogP contribution in [0, 0.1) is 13.8 Å². The number of aryl methyl sites for hydroxylation is 1. The number of hydrogen-bond acceptors (Lipinski definition) is 8. The summed E-state index contributed by atoms with van der Waals surface area (Å²) in [6.07, 6.45) is 2.12. The van der Waals surface area contributed by atoms with Crippen molar-refractivity contribution in [2.24, 2.45) is 0 Å². The summed E-state index contributed by atoms with van der Waals surface area (Å²) in [5, 5.41) is 11.3. The molecular formula is C24H29N3O7. The van der Waals surface area contributed by atoms with Crippen molar-refractivity contribution in [1.29, 1.82) is 0 Å². The Morgan fingerprint density at radius 1 is 1.24 bits per heavy atom. The Labute approximate surface area is 197 Å². The first-order chi connectivity index (χ1) is 16.3. The summed E-state index contributed by atoms with van der Waals surface area (Å²) in [6, 6.07) is 2.48. The van der Waals surface area contributed by atoms with Crippen molar-refractivity contribution >= 4 is 23.4 Å². The molecule has 0 unspecified atom stereocenters. The molecule has 0 spiro atoms. The normalized spacial score (nSPS) is 20.8. The fourth-order valence-electron chi connectivity index (χ4n) is 4.69. The number of aromatic nitrogens is 1. The van der Waals surface area contributed by atoms with Gasteiger partial charge in [-0.1, -0.05) is 0 Å². The van der Waals surface area contributed by atoms with Gasteiger partial charge in [0.25, 0.3) is 11.7 Å². The Kier molecular flexibility index (Phi) is 6.90. The lowest BCUT2D eigenvalue weighted by Gasteiger charge is -2.28. The topological polar surface area (TPSA) is 125 Å². The second kappa shape index (κ2) is 9.86. The minimum absolute atomic E-state index is 0.0621. The summed E-state index contributed by atoms with van der Waals surface area (Å²) in [4.78, 5) is 44.9. The van der Waals surface area contributed by atoms with Gasteiger partial charge < -0.3 is 28.9 Å². The van der Waals surface area contributed by atoms with Crippen LogP contribution in [-0.2, 0) is 19.1 Å². The van der Waals surface area contributed by atoms with E-state index in [0.29, 0.717) is 48.8 Å². The van der Waals surface area contributed by atoms with E-state index in [2.05, 4.69) is 9.88 Å². The summed E-state index contributed by atoms with van der Waals surface area (Å²) in [7, 11) is 1.26. The molecule has 4 heterocycles. The third kappa shape index (κ3) is 4.26. The molecule has 0 radical (unpaired) electrons. The number of ether oxygens (including phenoxy) is 2. The van der Waals surface area contributed by atoms with Crippen molar-refractivity contribution in [3.63, 3.8) is 0 Å². The number of Topliss-reactive ketones (excluding diaryl/α,β-unsaturated/α-hetero) is 1. The van der Waals surface area contributed by atoms with E-state index in [-0.39, 0.29) is 17.0 Å². The molecule has 2 N–H and O–H groups in total. The molecule has 2 fully saturated rings. The van der Waals surface area contributed by atoms with Crippen LogP contribution in [0.4, 0.5) is 0 Å². The Morgan fingerprint density at radius 2 is 1.97 bits per heavy atom. The molecule has 10 heteroatoms. The van der Waals surface area contributed by atoms with Gasteiger partial charge in [-0.15, -0.1) is 0 Å². The molecule has 2 aliphatic heterocycles. The minimum Gasteiger partial charge on any atom is -0.507 e. The highest BCUT2D eigenvalue weighted by Gasteiger charge is 2.47. The van der Waals surface area contributed by atoms with E-state index in [0.717, 1.165) is 19.6 Å². The summed E-state index contributed by atoms with van der Waals surface area (Å²) < 4.78 is 15.7. The Bertz CT molecular complexity index is 1110. The molecule has 1 amide bonds. The first-order valence-corrected chi connectivity index (χ1v) is 11.2. The number of hydrogen-bond donors (Lipinski definition) is 2. The van der Waals surface area contributed by atoms with Gasteiger partial charge in [0, 0.05) is 37.4 Å². The number of likely N-dealkylation sites (tertiary alicyclic amines) is 1. The maximum absolute atomic E-state index is 13.1. The number of methoxy groups -OCH3 is 1. The zero-order valence-electron chi connectivity index (χ0n) is 19.6. The van der Waals surface area contributed by atoms with E-state index in [1.807, 2.05) is 0 Å². The summed E-state index contributed by atoms with van der Waals surface area (Å²) >= 11 is 0. The van der Waals surface area contributed by atoms with E-state index >= 15 is 0 Å². The molecule has 0 aliphatic carbocycles. The fourth-order valence-corrected chi connectivity index (χ4v) is 4.69. The lowest BCUT2D eigenvalue weighted by Crippen LogP contribution is -2.38.